The van der Waals surface area contributed by atoms with Gasteiger partial charge in [-0.15, -0.1) is 0 Å². The lowest BCUT2D eigenvalue weighted by Crippen LogP contribution is -2.55. The van der Waals surface area contributed by atoms with Gasteiger partial charge in [0.25, 0.3) is 0 Å². The minimum absolute atomic E-state index is 0.388. The van der Waals surface area contributed by atoms with Crippen LogP contribution in [-0.2, 0) is 4.79 Å². The van der Waals surface area contributed by atoms with Gasteiger partial charge in [0, 0.05) is 25.7 Å². The highest BCUT2D eigenvalue weighted by Gasteiger charge is 2.25. The first-order valence-electron chi connectivity index (χ1n) is 4.31. The van der Waals surface area contributed by atoms with Crippen LogP contribution in [0.2, 0.25) is 0 Å². The quantitative estimate of drug-likeness (QED) is 0.603. The van der Waals surface area contributed by atoms with Crippen LogP contribution in [0, 0.1) is 0 Å². The molecule has 1 aliphatic heterocycles. The second-order valence-corrected chi connectivity index (χ2v) is 3.43. The van der Waals surface area contributed by atoms with Crippen LogP contribution in [-0.4, -0.2) is 47.7 Å². The monoisotopic (exact) mass is 172 g/mol. The zero-order valence-electron chi connectivity index (χ0n) is 7.58. The first kappa shape index (κ1) is 9.48. The standard InChI is InChI=1S/C8H16N2O2/c1-6(2)10-4-3-9-7(5-10)8(11)12/h6-7,9H,3-5H2,1-2H3,(H,11,12). The van der Waals surface area contributed by atoms with E-state index in [9.17, 15) is 4.79 Å². The Morgan fingerprint density at radius 1 is 1.67 bits per heavy atom. The first-order chi connectivity index (χ1) is 5.61. The maximum atomic E-state index is 10.6. The minimum atomic E-state index is -0.750. The molecule has 1 unspecified atom stereocenters. The summed E-state index contributed by atoms with van der Waals surface area (Å²) in [5.74, 6) is -0.750. The Labute approximate surface area is 72.6 Å². The summed E-state index contributed by atoms with van der Waals surface area (Å²) in [5.41, 5.74) is 0. The Morgan fingerprint density at radius 3 is 2.83 bits per heavy atom. The molecule has 0 saturated carbocycles. The summed E-state index contributed by atoms with van der Waals surface area (Å²) >= 11 is 0. The molecule has 70 valence electrons. The first-order valence-corrected chi connectivity index (χ1v) is 4.31. The number of carbonyl (C=O) groups is 1. The third-order valence-electron chi connectivity index (χ3n) is 2.24. The smallest absolute Gasteiger partial charge is 0.322 e. The number of hydrogen-bond donors (Lipinski definition) is 2. The second-order valence-electron chi connectivity index (χ2n) is 3.43. The summed E-state index contributed by atoms with van der Waals surface area (Å²) in [6.45, 7) is 6.51. The van der Waals surface area contributed by atoms with E-state index in [4.69, 9.17) is 5.11 Å². The Bertz CT molecular complexity index is 170. The molecular formula is C8H16N2O2. The summed E-state index contributed by atoms with van der Waals surface area (Å²) in [6, 6.07) is 0.0510. The van der Waals surface area contributed by atoms with Crippen molar-refractivity contribution in [1.29, 1.82) is 0 Å². The molecule has 1 heterocycles. The van der Waals surface area contributed by atoms with E-state index in [2.05, 4.69) is 24.1 Å². The molecule has 0 aromatic carbocycles. The molecule has 4 heteroatoms. The molecule has 1 saturated heterocycles. The van der Waals surface area contributed by atoms with Gasteiger partial charge in [0.2, 0.25) is 0 Å². The fourth-order valence-electron chi connectivity index (χ4n) is 1.41. The van der Waals surface area contributed by atoms with Gasteiger partial charge < -0.3 is 10.4 Å². The Morgan fingerprint density at radius 2 is 2.33 bits per heavy atom. The third kappa shape index (κ3) is 2.19. The molecule has 0 aromatic heterocycles. The largest absolute Gasteiger partial charge is 0.480 e. The van der Waals surface area contributed by atoms with Crippen molar-refractivity contribution >= 4 is 5.97 Å². The Kier molecular flexibility index (Phi) is 3.05. The number of carboxylic acids is 1. The summed E-state index contributed by atoms with van der Waals surface area (Å²) in [6.07, 6.45) is 0. The van der Waals surface area contributed by atoms with E-state index in [0.29, 0.717) is 12.6 Å². The molecule has 0 spiro atoms. The fourth-order valence-corrected chi connectivity index (χ4v) is 1.41. The molecular weight excluding hydrogens is 156 g/mol. The number of nitrogens with zero attached hydrogens (tertiary/aromatic N) is 1. The molecule has 0 amide bonds. The van der Waals surface area contributed by atoms with Crippen LogP contribution < -0.4 is 5.32 Å². The van der Waals surface area contributed by atoms with Gasteiger partial charge >= 0.3 is 5.97 Å². The van der Waals surface area contributed by atoms with Crippen molar-refractivity contribution in [3.05, 3.63) is 0 Å². The molecule has 1 aliphatic rings. The van der Waals surface area contributed by atoms with Crippen LogP contribution in [0.5, 0.6) is 0 Å². The van der Waals surface area contributed by atoms with Gasteiger partial charge in [0.05, 0.1) is 0 Å². The lowest BCUT2D eigenvalue weighted by Gasteiger charge is -2.34. The van der Waals surface area contributed by atoms with Gasteiger partial charge in [-0.05, 0) is 13.8 Å². The molecule has 0 aliphatic carbocycles. The molecule has 1 atom stereocenters. The average molecular weight is 172 g/mol. The molecule has 1 rings (SSSR count). The van der Waals surface area contributed by atoms with Gasteiger partial charge in [-0.3, -0.25) is 9.69 Å². The lowest BCUT2D eigenvalue weighted by atomic mass is 10.2. The number of nitrogens with one attached hydrogen (secondary N) is 1. The maximum Gasteiger partial charge on any atom is 0.322 e. The highest BCUT2D eigenvalue weighted by molar-refractivity contribution is 5.73. The molecule has 0 bridgehead atoms. The highest BCUT2D eigenvalue weighted by atomic mass is 16.4. The minimum Gasteiger partial charge on any atom is -0.480 e. The van der Waals surface area contributed by atoms with Crippen LogP contribution in [0.3, 0.4) is 0 Å². The zero-order valence-corrected chi connectivity index (χ0v) is 7.58. The number of rotatable bonds is 2. The van der Waals surface area contributed by atoms with Gasteiger partial charge in [-0.2, -0.15) is 0 Å². The van der Waals surface area contributed by atoms with Crippen molar-refractivity contribution in [3.8, 4) is 0 Å². The van der Waals surface area contributed by atoms with E-state index in [-0.39, 0.29) is 6.04 Å². The summed E-state index contributed by atoms with van der Waals surface area (Å²) in [5, 5.41) is 11.7. The predicted octanol–water partition coefficient (Wildman–Crippen LogP) is -0.247. The number of hydrogen-bond acceptors (Lipinski definition) is 3. The molecule has 1 fully saturated rings. The average Bonchev–Trinajstić information content (AvgIpc) is 2.04. The molecule has 2 N–H and O–H groups in total. The number of carboxylic acid groups (broad SMARTS) is 1. The van der Waals surface area contributed by atoms with Gasteiger partial charge in [-0.25, -0.2) is 0 Å². The van der Waals surface area contributed by atoms with E-state index < -0.39 is 5.97 Å². The van der Waals surface area contributed by atoms with Crippen molar-refractivity contribution in [3.63, 3.8) is 0 Å². The van der Waals surface area contributed by atoms with Crippen LogP contribution in [0.25, 0.3) is 0 Å². The Hall–Kier alpha value is -0.610. The van der Waals surface area contributed by atoms with E-state index in [1.807, 2.05) is 0 Å². The SMILES string of the molecule is CC(C)N1CCNC(C(=O)O)C1. The zero-order chi connectivity index (χ0) is 9.14. The van der Waals surface area contributed by atoms with Crippen LogP contribution in [0.4, 0.5) is 0 Å². The topological polar surface area (TPSA) is 52.6 Å². The third-order valence-corrected chi connectivity index (χ3v) is 2.24. The summed E-state index contributed by atoms with van der Waals surface area (Å²) in [4.78, 5) is 12.8. The fraction of sp³-hybridized carbons (Fsp3) is 0.875. The van der Waals surface area contributed by atoms with E-state index in [1.165, 1.54) is 0 Å². The van der Waals surface area contributed by atoms with Crippen molar-refractivity contribution in [1.82, 2.24) is 10.2 Å². The second kappa shape index (κ2) is 3.87. The van der Waals surface area contributed by atoms with Crippen molar-refractivity contribution in [2.75, 3.05) is 19.6 Å². The summed E-state index contributed by atoms with van der Waals surface area (Å²) in [7, 11) is 0. The summed E-state index contributed by atoms with van der Waals surface area (Å²) < 4.78 is 0. The van der Waals surface area contributed by atoms with Crippen molar-refractivity contribution in [2.24, 2.45) is 0 Å². The highest BCUT2D eigenvalue weighted by Crippen LogP contribution is 2.03. The van der Waals surface area contributed by atoms with E-state index in [0.717, 1.165) is 13.1 Å². The molecule has 0 aromatic rings. The number of aliphatic carboxylic acids is 1. The molecule has 4 nitrogen and oxygen atoms in total. The molecule has 12 heavy (non-hydrogen) atoms. The van der Waals surface area contributed by atoms with Crippen molar-refractivity contribution in [2.45, 2.75) is 25.9 Å². The van der Waals surface area contributed by atoms with Crippen molar-refractivity contribution < 1.29 is 9.90 Å². The van der Waals surface area contributed by atoms with E-state index >= 15 is 0 Å². The van der Waals surface area contributed by atoms with Crippen LogP contribution >= 0.6 is 0 Å². The lowest BCUT2D eigenvalue weighted by molar-refractivity contribution is -0.140. The van der Waals surface area contributed by atoms with Gasteiger partial charge in [0.15, 0.2) is 0 Å². The molecule has 0 radical (unpaired) electrons. The van der Waals surface area contributed by atoms with Crippen LogP contribution in [0.1, 0.15) is 13.8 Å². The number of piperazine rings is 1. The Balaban J connectivity index is 2.46. The van der Waals surface area contributed by atoms with Gasteiger partial charge in [-0.1, -0.05) is 0 Å². The van der Waals surface area contributed by atoms with Crippen LogP contribution in [0.15, 0.2) is 0 Å². The van der Waals surface area contributed by atoms with E-state index in [1.54, 1.807) is 0 Å². The maximum absolute atomic E-state index is 10.6. The van der Waals surface area contributed by atoms with Gasteiger partial charge in [0.1, 0.15) is 6.04 Å². The normalized spacial score (nSPS) is 26.1. The predicted molar refractivity (Wildman–Crippen MR) is 46.1 cm³/mol.